The Morgan fingerprint density at radius 3 is 2.74 bits per heavy atom. The molecule has 0 radical (unpaired) electrons. The van der Waals surface area contributed by atoms with Gasteiger partial charge in [-0.2, -0.15) is 0 Å². The second-order valence-electron chi connectivity index (χ2n) is 5.56. The topological polar surface area (TPSA) is 12.0 Å². The van der Waals surface area contributed by atoms with Crippen LogP contribution in [0, 0.1) is 17.7 Å². The summed E-state index contributed by atoms with van der Waals surface area (Å²) in [6.07, 6.45) is 3.89. The summed E-state index contributed by atoms with van der Waals surface area (Å²) in [7, 11) is 0. The van der Waals surface area contributed by atoms with E-state index in [1.54, 1.807) is 6.07 Å². The van der Waals surface area contributed by atoms with Crippen molar-refractivity contribution in [3.05, 3.63) is 33.6 Å². The molecule has 1 nitrogen and oxygen atoms in total. The SMILES string of the molecule is CC(NCC1CCCC1C)c1c(Cl)ccc(F)c1Cl. The van der Waals surface area contributed by atoms with Gasteiger partial charge in [0.05, 0.1) is 5.02 Å². The second-order valence-corrected chi connectivity index (χ2v) is 6.34. The molecule has 0 amide bonds. The third kappa shape index (κ3) is 3.42. The van der Waals surface area contributed by atoms with Gasteiger partial charge in [-0.3, -0.25) is 0 Å². The lowest BCUT2D eigenvalue weighted by Gasteiger charge is -2.22. The van der Waals surface area contributed by atoms with Crippen LogP contribution in [-0.4, -0.2) is 6.54 Å². The van der Waals surface area contributed by atoms with Gasteiger partial charge in [-0.1, -0.05) is 43.0 Å². The Morgan fingerprint density at radius 2 is 2.11 bits per heavy atom. The molecule has 4 heteroatoms. The Bertz CT molecular complexity index is 450. The molecule has 1 aliphatic carbocycles. The monoisotopic (exact) mass is 303 g/mol. The summed E-state index contributed by atoms with van der Waals surface area (Å²) in [6, 6.07) is 2.83. The maximum absolute atomic E-state index is 13.5. The van der Waals surface area contributed by atoms with Crippen LogP contribution in [0.15, 0.2) is 12.1 Å². The van der Waals surface area contributed by atoms with E-state index in [0.29, 0.717) is 16.5 Å². The molecule has 0 aliphatic heterocycles. The van der Waals surface area contributed by atoms with E-state index in [-0.39, 0.29) is 11.1 Å². The molecule has 1 N–H and O–H groups in total. The summed E-state index contributed by atoms with van der Waals surface area (Å²) >= 11 is 12.1. The molecule has 1 saturated carbocycles. The van der Waals surface area contributed by atoms with Crippen LogP contribution in [0.3, 0.4) is 0 Å². The van der Waals surface area contributed by atoms with Crippen LogP contribution in [0.2, 0.25) is 10.0 Å². The minimum atomic E-state index is -0.413. The molecule has 0 aromatic heterocycles. The van der Waals surface area contributed by atoms with Gasteiger partial charge >= 0.3 is 0 Å². The standard InChI is InChI=1S/C15H20Cl2FN/c1-9-4-3-5-11(9)8-19-10(2)14-12(16)6-7-13(18)15(14)17/h6-7,9-11,19H,3-5,8H2,1-2H3. The fraction of sp³-hybridized carbons (Fsp3) is 0.600. The van der Waals surface area contributed by atoms with Crippen molar-refractivity contribution in [3.8, 4) is 0 Å². The van der Waals surface area contributed by atoms with Crippen molar-refractivity contribution in [3.63, 3.8) is 0 Å². The highest BCUT2D eigenvalue weighted by Crippen LogP contribution is 2.34. The Balaban J connectivity index is 2.03. The van der Waals surface area contributed by atoms with E-state index in [4.69, 9.17) is 23.2 Å². The van der Waals surface area contributed by atoms with Crippen molar-refractivity contribution in [2.24, 2.45) is 11.8 Å². The molecule has 2 rings (SSSR count). The molecule has 1 aromatic rings. The maximum atomic E-state index is 13.5. The number of hydrogen-bond acceptors (Lipinski definition) is 1. The maximum Gasteiger partial charge on any atom is 0.142 e. The zero-order valence-electron chi connectivity index (χ0n) is 11.3. The third-order valence-electron chi connectivity index (χ3n) is 4.24. The summed E-state index contributed by atoms with van der Waals surface area (Å²) in [5.41, 5.74) is 0.661. The molecule has 1 fully saturated rings. The Hall–Kier alpha value is -0.310. The Morgan fingerprint density at radius 1 is 1.37 bits per heavy atom. The van der Waals surface area contributed by atoms with Crippen LogP contribution in [0.4, 0.5) is 4.39 Å². The second kappa shape index (κ2) is 6.43. The van der Waals surface area contributed by atoms with E-state index in [2.05, 4.69) is 12.2 Å². The highest BCUT2D eigenvalue weighted by atomic mass is 35.5. The highest BCUT2D eigenvalue weighted by Gasteiger charge is 2.24. The predicted molar refractivity (Wildman–Crippen MR) is 79.3 cm³/mol. The first-order chi connectivity index (χ1) is 9.00. The first-order valence-electron chi connectivity index (χ1n) is 6.87. The van der Waals surface area contributed by atoms with Gasteiger partial charge in [0, 0.05) is 16.6 Å². The number of nitrogens with one attached hydrogen (secondary N) is 1. The number of benzene rings is 1. The van der Waals surface area contributed by atoms with Crippen LogP contribution >= 0.6 is 23.2 Å². The van der Waals surface area contributed by atoms with Crippen LogP contribution < -0.4 is 5.32 Å². The normalized spacial score (nSPS) is 24.7. The summed E-state index contributed by atoms with van der Waals surface area (Å²) in [6.45, 7) is 5.21. The van der Waals surface area contributed by atoms with Gasteiger partial charge in [0.2, 0.25) is 0 Å². The van der Waals surface area contributed by atoms with Crippen LogP contribution in [0.1, 0.15) is 44.7 Å². The molecule has 0 heterocycles. The van der Waals surface area contributed by atoms with E-state index in [9.17, 15) is 4.39 Å². The van der Waals surface area contributed by atoms with Crippen LogP contribution in [0.5, 0.6) is 0 Å². The summed E-state index contributed by atoms with van der Waals surface area (Å²) in [4.78, 5) is 0. The van der Waals surface area contributed by atoms with Gasteiger partial charge in [0.15, 0.2) is 0 Å². The molecular weight excluding hydrogens is 284 g/mol. The van der Waals surface area contributed by atoms with Gasteiger partial charge in [-0.15, -0.1) is 0 Å². The van der Waals surface area contributed by atoms with E-state index >= 15 is 0 Å². The summed E-state index contributed by atoms with van der Waals surface area (Å²) in [5, 5.41) is 4.10. The Labute approximate surface area is 124 Å². The molecule has 0 bridgehead atoms. The molecule has 19 heavy (non-hydrogen) atoms. The third-order valence-corrected chi connectivity index (χ3v) is 4.95. The summed E-state index contributed by atoms with van der Waals surface area (Å²) in [5.74, 6) is 1.05. The fourth-order valence-corrected chi connectivity index (χ4v) is 3.59. The van der Waals surface area contributed by atoms with Gasteiger partial charge in [0.25, 0.3) is 0 Å². The minimum Gasteiger partial charge on any atom is -0.310 e. The molecule has 1 aliphatic rings. The number of hydrogen-bond donors (Lipinski definition) is 1. The fourth-order valence-electron chi connectivity index (χ4n) is 2.90. The van der Waals surface area contributed by atoms with Crippen molar-refractivity contribution in [1.82, 2.24) is 5.32 Å². The molecule has 0 saturated heterocycles. The van der Waals surface area contributed by atoms with Crippen molar-refractivity contribution in [2.75, 3.05) is 6.54 Å². The van der Waals surface area contributed by atoms with Gasteiger partial charge in [0.1, 0.15) is 5.82 Å². The lowest BCUT2D eigenvalue weighted by Crippen LogP contribution is -2.27. The zero-order chi connectivity index (χ0) is 14.0. The molecule has 3 atom stereocenters. The van der Waals surface area contributed by atoms with E-state index in [1.165, 1.54) is 25.3 Å². The largest absolute Gasteiger partial charge is 0.310 e. The van der Waals surface area contributed by atoms with E-state index in [1.807, 2.05) is 6.92 Å². The Kier molecular flexibility index (Phi) is 5.10. The van der Waals surface area contributed by atoms with E-state index < -0.39 is 5.82 Å². The van der Waals surface area contributed by atoms with Crippen molar-refractivity contribution >= 4 is 23.2 Å². The first kappa shape index (κ1) is 15.1. The van der Waals surface area contributed by atoms with Gasteiger partial charge in [-0.25, -0.2) is 4.39 Å². The number of halogens is 3. The van der Waals surface area contributed by atoms with Gasteiger partial charge < -0.3 is 5.32 Å². The molecule has 1 aromatic carbocycles. The van der Waals surface area contributed by atoms with Crippen molar-refractivity contribution in [1.29, 1.82) is 0 Å². The quantitative estimate of drug-likeness (QED) is 0.752. The number of rotatable bonds is 4. The minimum absolute atomic E-state index is 0.0384. The first-order valence-corrected chi connectivity index (χ1v) is 7.63. The zero-order valence-corrected chi connectivity index (χ0v) is 12.9. The smallest absolute Gasteiger partial charge is 0.142 e. The average Bonchev–Trinajstić information content (AvgIpc) is 2.77. The van der Waals surface area contributed by atoms with E-state index in [0.717, 1.165) is 12.5 Å². The molecular formula is C15H20Cl2FN. The van der Waals surface area contributed by atoms with Crippen molar-refractivity contribution in [2.45, 2.75) is 39.2 Å². The highest BCUT2D eigenvalue weighted by molar-refractivity contribution is 6.36. The molecule has 0 spiro atoms. The lowest BCUT2D eigenvalue weighted by molar-refractivity contribution is 0.374. The van der Waals surface area contributed by atoms with Gasteiger partial charge in [-0.05, 0) is 43.9 Å². The van der Waals surface area contributed by atoms with Crippen LogP contribution in [-0.2, 0) is 0 Å². The lowest BCUT2D eigenvalue weighted by atomic mass is 9.97. The van der Waals surface area contributed by atoms with Crippen molar-refractivity contribution < 1.29 is 4.39 Å². The average molecular weight is 304 g/mol. The predicted octanol–water partition coefficient (Wildman–Crippen LogP) is 5.22. The molecule has 106 valence electrons. The molecule has 3 unspecified atom stereocenters. The summed E-state index contributed by atoms with van der Waals surface area (Å²) < 4.78 is 13.5. The van der Waals surface area contributed by atoms with Crippen LogP contribution in [0.25, 0.3) is 0 Å².